The van der Waals surface area contributed by atoms with E-state index in [2.05, 4.69) is 4.98 Å². The number of ketones is 1. The number of aromatic nitrogens is 1. The van der Waals surface area contributed by atoms with Crippen molar-refractivity contribution in [3.63, 3.8) is 0 Å². The molecule has 0 aliphatic rings. The minimum atomic E-state index is -3.84. The molecular weight excluding hydrogens is 446 g/mol. The molecule has 0 aliphatic carbocycles. The standard InChI is InChI=1S/C21H18ClNO5S2/c1-14-19(4-3-11-23-14)21(24)20-12-16(22)6-5-15(20)13-30(27,28)18-9-7-17(8-10-18)29(2,25)26/h3-12H,13H2,1-2H3. The SMILES string of the molecule is Cc1ncccc1C(=O)c1cc(Cl)ccc1CS(=O)(=O)c1ccc(S(C)(=O)=O)cc1. The van der Waals surface area contributed by atoms with E-state index in [0.29, 0.717) is 21.8 Å². The highest BCUT2D eigenvalue weighted by molar-refractivity contribution is 7.91. The van der Waals surface area contributed by atoms with Crippen LogP contribution in [0.25, 0.3) is 0 Å². The molecule has 3 aromatic rings. The fourth-order valence-electron chi connectivity index (χ4n) is 2.94. The Hall–Kier alpha value is -2.55. The Labute approximate surface area is 180 Å². The Morgan fingerprint density at radius 3 is 2.17 bits per heavy atom. The first-order valence-electron chi connectivity index (χ1n) is 8.77. The zero-order valence-corrected chi connectivity index (χ0v) is 18.6. The predicted octanol–water partition coefficient (Wildman–Crippen LogP) is 3.65. The number of hydrogen-bond acceptors (Lipinski definition) is 6. The fourth-order valence-corrected chi connectivity index (χ4v) is 5.12. The topological polar surface area (TPSA) is 98.2 Å². The van der Waals surface area contributed by atoms with Crippen molar-refractivity contribution >= 4 is 37.1 Å². The van der Waals surface area contributed by atoms with E-state index in [1.807, 2.05) is 0 Å². The van der Waals surface area contributed by atoms with Crippen LogP contribution in [0, 0.1) is 6.92 Å². The van der Waals surface area contributed by atoms with Gasteiger partial charge >= 0.3 is 0 Å². The number of sulfone groups is 2. The van der Waals surface area contributed by atoms with Gasteiger partial charge in [0, 0.05) is 34.3 Å². The number of carbonyl (C=O) groups is 1. The summed E-state index contributed by atoms with van der Waals surface area (Å²) in [5, 5.41) is 0.304. The van der Waals surface area contributed by atoms with Crippen molar-refractivity contribution in [2.24, 2.45) is 0 Å². The molecular formula is C21H18ClNO5S2. The van der Waals surface area contributed by atoms with Crippen LogP contribution >= 0.6 is 11.6 Å². The lowest BCUT2D eigenvalue weighted by Crippen LogP contribution is -2.12. The van der Waals surface area contributed by atoms with Crippen LogP contribution in [0.5, 0.6) is 0 Å². The molecule has 2 aromatic carbocycles. The molecule has 1 heterocycles. The maximum absolute atomic E-state index is 13.1. The minimum Gasteiger partial charge on any atom is -0.289 e. The van der Waals surface area contributed by atoms with Gasteiger partial charge in [0.2, 0.25) is 0 Å². The molecule has 0 radical (unpaired) electrons. The first-order chi connectivity index (χ1) is 14.0. The number of hydrogen-bond donors (Lipinski definition) is 0. The van der Waals surface area contributed by atoms with Gasteiger partial charge in [-0.2, -0.15) is 0 Å². The molecule has 1 aromatic heterocycles. The number of pyridine rings is 1. The Kier molecular flexibility index (Phi) is 6.12. The van der Waals surface area contributed by atoms with Crippen molar-refractivity contribution < 1.29 is 21.6 Å². The third-order valence-electron chi connectivity index (χ3n) is 4.52. The molecule has 9 heteroatoms. The van der Waals surface area contributed by atoms with E-state index in [-0.39, 0.29) is 21.1 Å². The highest BCUT2D eigenvalue weighted by Gasteiger charge is 2.22. The summed E-state index contributed by atoms with van der Waals surface area (Å²) < 4.78 is 49.0. The number of nitrogens with zero attached hydrogens (tertiary/aromatic N) is 1. The second-order valence-corrected chi connectivity index (χ2v) is 11.2. The second-order valence-electron chi connectivity index (χ2n) is 6.77. The summed E-state index contributed by atoms with van der Waals surface area (Å²) in [5.74, 6) is -0.816. The van der Waals surface area contributed by atoms with E-state index in [9.17, 15) is 21.6 Å². The zero-order chi connectivity index (χ0) is 22.1. The maximum atomic E-state index is 13.1. The molecule has 0 bridgehead atoms. The van der Waals surface area contributed by atoms with Crippen LogP contribution < -0.4 is 0 Å². The van der Waals surface area contributed by atoms with Crippen LogP contribution in [-0.2, 0) is 25.4 Å². The Bertz CT molecular complexity index is 1330. The third kappa shape index (κ3) is 4.77. The van der Waals surface area contributed by atoms with Gasteiger partial charge in [-0.25, -0.2) is 16.8 Å². The molecule has 0 spiro atoms. The lowest BCUT2D eigenvalue weighted by molar-refractivity contribution is 0.103. The summed E-state index contributed by atoms with van der Waals surface area (Å²) >= 11 is 6.06. The highest BCUT2D eigenvalue weighted by Crippen LogP contribution is 2.25. The van der Waals surface area contributed by atoms with Crippen LogP contribution in [0.3, 0.4) is 0 Å². The quantitative estimate of drug-likeness (QED) is 0.517. The summed E-state index contributed by atoms with van der Waals surface area (Å²) in [6.07, 6.45) is 2.61. The second kappa shape index (κ2) is 8.29. The summed E-state index contributed by atoms with van der Waals surface area (Å²) in [5.41, 5.74) is 1.35. The van der Waals surface area contributed by atoms with Crippen molar-refractivity contribution in [2.75, 3.05) is 6.26 Å². The first-order valence-corrected chi connectivity index (χ1v) is 12.7. The first kappa shape index (κ1) is 22.1. The molecule has 30 heavy (non-hydrogen) atoms. The molecule has 0 saturated heterocycles. The van der Waals surface area contributed by atoms with Gasteiger partial charge in [-0.3, -0.25) is 9.78 Å². The van der Waals surface area contributed by atoms with Crippen LogP contribution in [0.2, 0.25) is 5.02 Å². The molecule has 6 nitrogen and oxygen atoms in total. The van der Waals surface area contributed by atoms with Gasteiger partial charge < -0.3 is 0 Å². The largest absolute Gasteiger partial charge is 0.289 e. The summed E-state index contributed by atoms with van der Waals surface area (Å²) in [4.78, 5) is 17.1. The van der Waals surface area contributed by atoms with E-state index in [4.69, 9.17) is 11.6 Å². The summed E-state index contributed by atoms with van der Waals surface area (Å²) in [7, 11) is -7.28. The predicted molar refractivity (Wildman–Crippen MR) is 114 cm³/mol. The zero-order valence-electron chi connectivity index (χ0n) is 16.2. The molecule has 0 saturated carbocycles. The van der Waals surface area contributed by atoms with Crippen LogP contribution in [0.4, 0.5) is 0 Å². The van der Waals surface area contributed by atoms with Gasteiger partial charge in [-0.15, -0.1) is 0 Å². The van der Waals surface area contributed by atoms with Gasteiger partial charge in [0.25, 0.3) is 0 Å². The smallest absolute Gasteiger partial charge is 0.195 e. The van der Waals surface area contributed by atoms with Crippen molar-refractivity contribution in [3.05, 3.63) is 88.2 Å². The van der Waals surface area contributed by atoms with Gasteiger partial charge in [-0.1, -0.05) is 17.7 Å². The Morgan fingerprint density at radius 2 is 1.57 bits per heavy atom. The van der Waals surface area contributed by atoms with Gasteiger partial charge in [0.1, 0.15) is 0 Å². The molecule has 0 atom stereocenters. The third-order valence-corrected chi connectivity index (χ3v) is 7.57. The fraction of sp³-hybridized carbons (Fsp3) is 0.143. The number of halogens is 1. The van der Waals surface area contributed by atoms with Crippen molar-refractivity contribution in [3.8, 4) is 0 Å². The highest BCUT2D eigenvalue weighted by atomic mass is 35.5. The number of carbonyl (C=O) groups excluding carboxylic acids is 1. The molecule has 0 aliphatic heterocycles. The van der Waals surface area contributed by atoms with Crippen molar-refractivity contribution in [1.82, 2.24) is 4.98 Å². The summed E-state index contributed by atoms with van der Waals surface area (Å²) in [6, 6.07) is 12.7. The molecule has 0 amide bonds. The molecule has 3 rings (SSSR count). The Morgan fingerprint density at radius 1 is 0.933 bits per heavy atom. The normalized spacial score (nSPS) is 12.0. The average molecular weight is 464 g/mol. The molecule has 0 N–H and O–H groups in total. The lowest BCUT2D eigenvalue weighted by Gasteiger charge is -2.12. The van der Waals surface area contributed by atoms with E-state index < -0.39 is 25.4 Å². The molecule has 156 valence electrons. The van der Waals surface area contributed by atoms with E-state index >= 15 is 0 Å². The number of rotatable bonds is 6. The minimum absolute atomic E-state index is 0.0239. The van der Waals surface area contributed by atoms with Crippen LogP contribution in [-0.4, -0.2) is 33.9 Å². The van der Waals surface area contributed by atoms with Crippen molar-refractivity contribution in [2.45, 2.75) is 22.5 Å². The maximum Gasteiger partial charge on any atom is 0.195 e. The average Bonchev–Trinajstić information content (AvgIpc) is 2.68. The van der Waals surface area contributed by atoms with E-state index in [0.717, 1.165) is 6.26 Å². The van der Waals surface area contributed by atoms with Crippen LogP contribution in [0.1, 0.15) is 27.2 Å². The van der Waals surface area contributed by atoms with Gasteiger partial charge in [0.05, 0.1) is 15.5 Å². The van der Waals surface area contributed by atoms with Crippen LogP contribution in [0.15, 0.2) is 70.6 Å². The monoisotopic (exact) mass is 463 g/mol. The number of aryl methyl sites for hydroxylation is 1. The van der Waals surface area contributed by atoms with E-state index in [1.54, 1.807) is 25.3 Å². The van der Waals surface area contributed by atoms with E-state index in [1.165, 1.54) is 42.5 Å². The van der Waals surface area contributed by atoms with Gasteiger partial charge in [-0.05, 0) is 61.0 Å². The number of benzene rings is 2. The Balaban J connectivity index is 2.01. The van der Waals surface area contributed by atoms with Crippen molar-refractivity contribution in [1.29, 1.82) is 0 Å². The molecule has 0 fully saturated rings. The van der Waals surface area contributed by atoms with Gasteiger partial charge in [0.15, 0.2) is 25.5 Å². The summed E-state index contributed by atoms with van der Waals surface area (Å²) in [6.45, 7) is 1.69. The molecule has 0 unspecified atom stereocenters. The lowest BCUT2D eigenvalue weighted by atomic mass is 9.98.